The highest BCUT2D eigenvalue weighted by atomic mass is 32.1. The van der Waals surface area contributed by atoms with Gasteiger partial charge in [0.2, 0.25) is 0 Å². The molecular weight excluding hydrogens is 256 g/mol. The second kappa shape index (κ2) is 5.97. The van der Waals surface area contributed by atoms with E-state index in [-0.39, 0.29) is 17.9 Å². The average molecular weight is 274 g/mol. The van der Waals surface area contributed by atoms with E-state index in [1.165, 1.54) is 11.3 Å². The number of aromatic nitrogens is 1. The van der Waals surface area contributed by atoms with Crippen LogP contribution in [0.3, 0.4) is 0 Å². The van der Waals surface area contributed by atoms with Gasteiger partial charge < -0.3 is 5.32 Å². The highest BCUT2D eigenvalue weighted by Crippen LogP contribution is 2.23. The van der Waals surface area contributed by atoms with Gasteiger partial charge in [0.25, 0.3) is 5.91 Å². The summed E-state index contributed by atoms with van der Waals surface area (Å²) in [7, 11) is 0. The first-order valence-electron chi connectivity index (χ1n) is 6.35. The van der Waals surface area contributed by atoms with Gasteiger partial charge in [-0.25, -0.2) is 0 Å². The van der Waals surface area contributed by atoms with Gasteiger partial charge in [0, 0.05) is 6.20 Å². The molecule has 0 aliphatic heterocycles. The van der Waals surface area contributed by atoms with Crippen molar-refractivity contribution in [1.29, 1.82) is 0 Å². The zero-order valence-corrected chi connectivity index (χ0v) is 12.2. The van der Waals surface area contributed by atoms with Crippen molar-refractivity contribution in [2.24, 2.45) is 5.92 Å². The first-order chi connectivity index (χ1) is 9.09. The highest BCUT2D eigenvalue weighted by Gasteiger charge is 2.22. The van der Waals surface area contributed by atoms with Crippen molar-refractivity contribution in [2.45, 2.75) is 26.8 Å². The smallest absolute Gasteiger partial charge is 0.261 e. The molecular formula is C15H18N2OS. The minimum absolute atomic E-state index is 0.0289. The fourth-order valence-corrected chi connectivity index (χ4v) is 2.62. The molecule has 0 radical (unpaired) electrons. The third-order valence-corrected chi connectivity index (χ3v) is 3.91. The Morgan fingerprint density at radius 2 is 2.11 bits per heavy atom. The molecule has 0 saturated heterocycles. The van der Waals surface area contributed by atoms with Crippen LogP contribution in [0.1, 0.15) is 40.8 Å². The van der Waals surface area contributed by atoms with Crippen molar-refractivity contribution in [2.75, 3.05) is 0 Å². The van der Waals surface area contributed by atoms with Crippen LogP contribution in [0, 0.1) is 12.8 Å². The van der Waals surface area contributed by atoms with Gasteiger partial charge >= 0.3 is 0 Å². The van der Waals surface area contributed by atoms with Crippen LogP contribution in [0.2, 0.25) is 0 Å². The zero-order valence-electron chi connectivity index (χ0n) is 11.4. The third-order valence-electron chi connectivity index (χ3n) is 3.04. The average Bonchev–Trinajstić information content (AvgIpc) is 2.90. The predicted molar refractivity (Wildman–Crippen MR) is 78.3 cm³/mol. The summed E-state index contributed by atoms with van der Waals surface area (Å²) in [6.07, 6.45) is 1.77. The summed E-state index contributed by atoms with van der Waals surface area (Å²) in [6, 6.07) is 7.60. The number of aryl methyl sites for hydroxylation is 1. The van der Waals surface area contributed by atoms with Crippen molar-refractivity contribution in [1.82, 2.24) is 10.3 Å². The molecule has 100 valence electrons. The molecule has 0 aliphatic carbocycles. The number of amides is 1. The summed E-state index contributed by atoms with van der Waals surface area (Å²) < 4.78 is 0. The van der Waals surface area contributed by atoms with Crippen LogP contribution in [0.4, 0.5) is 0 Å². The number of nitrogens with one attached hydrogen (secondary N) is 1. The van der Waals surface area contributed by atoms with Crippen LogP contribution in [-0.2, 0) is 0 Å². The zero-order chi connectivity index (χ0) is 13.8. The predicted octanol–water partition coefficient (Wildman–Crippen LogP) is 3.58. The van der Waals surface area contributed by atoms with E-state index < -0.39 is 0 Å². The minimum atomic E-state index is -0.0594. The van der Waals surface area contributed by atoms with E-state index >= 15 is 0 Å². The SMILES string of the molecule is Cc1cccnc1[C@H](NC(=O)c1cccs1)C(C)C. The molecule has 0 aliphatic rings. The third kappa shape index (κ3) is 3.20. The first kappa shape index (κ1) is 13.7. The molecule has 1 N–H and O–H groups in total. The lowest BCUT2D eigenvalue weighted by Crippen LogP contribution is -2.32. The lowest BCUT2D eigenvalue weighted by molar-refractivity contribution is 0.0928. The van der Waals surface area contributed by atoms with Crippen LogP contribution in [0.15, 0.2) is 35.8 Å². The molecule has 0 aromatic carbocycles. The lowest BCUT2D eigenvalue weighted by Gasteiger charge is -2.23. The summed E-state index contributed by atoms with van der Waals surface area (Å²) >= 11 is 1.45. The van der Waals surface area contributed by atoms with Crippen molar-refractivity contribution in [3.05, 3.63) is 52.0 Å². The fraction of sp³-hybridized carbons (Fsp3) is 0.333. The Balaban J connectivity index is 2.23. The van der Waals surface area contributed by atoms with Crippen molar-refractivity contribution < 1.29 is 4.79 Å². The summed E-state index contributed by atoms with van der Waals surface area (Å²) in [5.41, 5.74) is 2.05. The van der Waals surface area contributed by atoms with Gasteiger partial charge in [-0.05, 0) is 35.9 Å². The van der Waals surface area contributed by atoms with Crippen molar-refractivity contribution >= 4 is 17.2 Å². The van der Waals surface area contributed by atoms with E-state index in [1.807, 2.05) is 36.6 Å². The minimum Gasteiger partial charge on any atom is -0.343 e. The lowest BCUT2D eigenvalue weighted by atomic mass is 9.97. The summed E-state index contributed by atoms with van der Waals surface area (Å²) in [5, 5.41) is 4.99. The Morgan fingerprint density at radius 3 is 2.68 bits per heavy atom. The number of hydrogen-bond donors (Lipinski definition) is 1. The Labute approximate surface area is 117 Å². The topological polar surface area (TPSA) is 42.0 Å². The summed E-state index contributed by atoms with van der Waals surface area (Å²) in [5.74, 6) is 0.260. The number of nitrogens with zero attached hydrogens (tertiary/aromatic N) is 1. The van der Waals surface area contributed by atoms with Gasteiger partial charge in [-0.1, -0.05) is 26.0 Å². The fourth-order valence-electron chi connectivity index (χ4n) is 1.99. The van der Waals surface area contributed by atoms with Crippen LogP contribution in [0.25, 0.3) is 0 Å². The number of hydrogen-bond acceptors (Lipinski definition) is 3. The Morgan fingerprint density at radius 1 is 1.32 bits per heavy atom. The van der Waals surface area contributed by atoms with E-state index in [0.717, 1.165) is 16.1 Å². The van der Waals surface area contributed by atoms with E-state index in [2.05, 4.69) is 24.1 Å². The maximum absolute atomic E-state index is 12.2. The largest absolute Gasteiger partial charge is 0.343 e. The standard InChI is InChI=1S/C15H18N2OS/c1-10(2)13(14-11(3)6-4-8-16-14)17-15(18)12-7-5-9-19-12/h4-10,13H,1-3H3,(H,17,18)/t13-/m1/s1. The van der Waals surface area contributed by atoms with Crippen LogP contribution < -0.4 is 5.32 Å². The molecule has 2 heterocycles. The molecule has 0 saturated carbocycles. The van der Waals surface area contributed by atoms with Gasteiger partial charge in [-0.3, -0.25) is 9.78 Å². The Bertz CT molecular complexity index is 549. The second-order valence-corrected chi connectivity index (χ2v) is 5.83. The number of carbonyl (C=O) groups excluding carboxylic acids is 1. The second-order valence-electron chi connectivity index (χ2n) is 4.88. The van der Waals surface area contributed by atoms with E-state index in [9.17, 15) is 4.79 Å². The van der Waals surface area contributed by atoms with Gasteiger partial charge in [0.1, 0.15) is 0 Å². The highest BCUT2D eigenvalue weighted by molar-refractivity contribution is 7.12. The van der Waals surface area contributed by atoms with Gasteiger partial charge in [-0.15, -0.1) is 11.3 Å². The quantitative estimate of drug-likeness (QED) is 0.926. The molecule has 2 aromatic rings. The molecule has 0 unspecified atom stereocenters. The number of carbonyl (C=O) groups is 1. The van der Waals surface area contributed by atoms with Gasteiger partial charge in [-0.2, -0.15) is 0 Å². The maximum atomic E-state index is 12.2. The number of pyridine rings is 1. The molecule has 2 aromatic heterocycles. The van der Waals surface area contributed by atoms with E-state index in [0.29, 0.717) is 0 Å². The molecule has 2 rings (SSSR count). The molecule has 1 atom stereocenters. The molecule has 4 heteroatoms. The van der Waals surface area contributed by atoms with Crippen LogP contribution >= 0.6 is 11.3 Å². The van der Waals surface area contributed by atoms with Crippen LogP contribution in [0.5, 0.6) is 0 Å². The Kier molecular flexibility index (Phi) is 4.32. The van der Waals surface area contributed by atoms with Crippen LogP contribution in [-0.4, -0.2) is 10.9 Å². The summed E-state index contributed by atoms with van der Waals surface area (Å²) in [4.78, 5) is 17.3. The van der Waals surface area contributed by atoms with Crippen molar-refractivity contribution in [3.63, 3.8) is 0 Å². The monoisotopic (exact) mass is 274 g/mol. The normalized spacial score (nSPS) is 12.4. The molecule has 0 bridgehead atoms. The first-order valence-corrected chi connectivity index (χ1v) is 7.23. The Hall–Kier alpha value is -1.68. The summed E-state index contributed by atoms with van der Waals surface area (Å²) in [6.45, 7) is 6.20. The number of thiophene rings is 1. The molecule has 1 amide bonds. The molecule has 0 spiro atoms. The van der Waals surface area contributed by atoms with E-state index in [4.69, 9.17) is 0 Å². The van der Waals surface area contributed by atoms with E-state index in [1.54, 1.807) is 6.20 Å². The molecule has 0 fully saturated rings. The van der Waals surface area contributed by atoms with Crippen molar-refractivity contribution in [3.8, 4) is 0 Å². The molecule has 19 heavy (non-hydrogen) atoms. The maximum Gasteiger partial charge on any atom is 0.261 e. The number of rotatable bonds is 4. The van der Waals surface area contributed by atoms with Gasteiger partial charge in [0.15, 0.2) is 0 Å². The molecule has 3 nitrogen and oxygen atoms in total. The van der Waals surface area contributed by atoms with Gasteiger partial charge in [0.05, 0.1) is 16.6 Å².